The number of nitrogens with one attached hydrogen (secondary N) is 1. The average molecular weight is 182 g/mol. The second-order valence-electron chi connectivity index (χ2n) is 4.47. The van der Waals surface area contributed by atoms with Crippen LogP contribution in [-0.2, 0) is 0 Å². The number of hydrogen-bond acceptors (Lipinski definition) is 2. The molecule has 0 amide bonds. The van der Waals surface area contributed by atoms with Gasteiger partial charge in [-0.25, -0.2) is 0 Å². The van der Waals surface area contributed by atoms with Gasteiger partial charge in [0.2, 0.25) is 0 Å². The smallest absolute Gasteiger partial charge is 0.0235 e. The van der Waals surface area contributed by atoms with Gasteiger partial charge < -0.3 is 5.32 Å². The van der Waals surface area contributed by atoms with E-state index in [2.05, 4.69) is 17.1 Å². The fourth-order valence-corrected chi connectivity index (χ4v) is 2.90. The summed E-state index contributed by atoms with van der Waals surface area (Å²) in [6.45, 7) is 6.14. The summed E-state index contributed by atoms with van der Waals surface area (Å²) >= 11 is 0. The Balaban J connectivity index is 1.88. The van der Waals surface area contributed by atoms with Crippen molar-refractivity contribution in [1.29, 1.82) is 0 Å². The van der Waals surface area contributed by atoms with Crippen molar-refractivity contribution in [2.45, 2.75) is 51.1 Å². The van der Waals surface area contributed by atoms with Crippen molar-refractivity contribution in [1.82, 2.24) is 10.2 Å². The Labute approximate surface area is 81.7 Å². The molecule has 0 aromatic heterocycles. The molecule has 2 fully saturated rings. The molecule has 0 aromatic rings. The van der Waals surface area contributed by atoms with Crippen molar-refractivity contribution in [2.75, 3.05) is 19.6 Å². The summed E-state index contributed by atoms with van der Waals surface area (Å²) in [5.74, 6) is 0. The standard InChI is InChI=1S/C11H22N2/c1-2-4-10-5-3-8-13(10)11-6-7-12-9-11/h10-12H,2-9H2,1H3/t10-,11+/m0/s1. The maximum absolute atomic E-state index is 3.47. The number of nitrogens with zero attached hydrogens (tertiary/aromatic N) is 1. The zero-order valence-corrected chi connectivity index (χ0v) is 8.76. The summed E-state index contributed by atoms with van der Waals surface area (Å²) < 4.78 is 0. The van der Waals surface area contributed by atoms with Crippen molar-refractivity contribution >= 4 is 0 Å². The normalized spacial score (nSPS) is 35.8. The largest absolute Gasteiger partial charge is 0.315 e. The molecule has 2 rings (SSSR count). The highest BCUT2D eigenvalue weighted by molar-refractivity contribution is 4.88. The van der Waals surface area contributed by atoms with Crippen LogP contribution >= 0.6 is 0 Å². The Morgan fingerprint density at radius 3 is 3.00 bits per heavy atom. The van der Waals surface area contributed by atoms with E-state index in [1.165, 1.54) is 51.7 Å². The molecular weight excluding hydrogens is 160 g/mol. The van der Waals surface area contributed by atoms with E-state index in [1.807, 2.05) is 0 Å². The first-order chi connectivity index (χ1) is 6.42. The quantitative estimate of drug-likeness (QED) is 0.713. The minimum Gasteiger partial charge on any atom is -0.315 e. The Hall–Kier alpha value is -0.0800. The van der Waals surface area contributed by atoms with Crippen molar-refractivity contribution < 1.29 is 0 Å². The van der Waals surface area contributed by atoms with E-state index < -0.39 is 0 Å². The van der Waals surface area contributed by atoms with Crippen LogP contribution in [0, 0.1) is 0 Å². The first-order valence-corrected chi connectivity index (χ1v) is 5.88. The van der Waals surface area contributed by atoms with Crippen molar-refractivity contribution in [2.24, 2.45) is 0 Å². The van der Waals surface area contributed by atoms with Gasteiger partial charge in [-0.2, -0.15) is 0 Å². The molecule has 2 atom stereocenters. The van der Waals surface area contributed by atoms with Gasteiger partial charge >= 0.3 is 0 Å². The van der Waals surface area contributed by atoms with Gasteiger partial charge in [0, 0.05) is 18.6 Å². The SMILES string of the molecule is CCC[C@H]1CCCN1[C@@H]1CCNC1. The van der Waals surface area contributed by atoms with Crippen LogP contribution in [-0.4, -0.2) is 36.6 Å². The fraction of sp³-hybridized carbons (Fsp3) is 1.00. The number of rotatable bonds is 3. The van der Waals surface area contributed by atoms with Crippen LogP contribution in [0.25, 0.3) is 0 Å². The highest BCUT2D eigenvalue weighted by Gasteiger charge is 2.31. The van der Waals surface area contributed by atoms with Gasteiger partial charge in [0.15, 0.2) is 0 Å². The summed E-state index contributed by atoms with van der Waals surface area (Å²) in [4.78, 5) is 2.77. The lowest BCUT2D eigenvalue weighted by Crippen LogP contribution is -2.40. The molecule has 2 nitrogen and oxygen atoms in total. The van der Waals surface area contributed by atoms with Gasteiger partial charge in [0.1, 0.15) is 0 Å². The van der Waals surface area contributed by atoms with E-state index in [1.54, 1.807) is 0 Å². The topological polar surface area (TPSA) is 15.3 Å². The minimum absolute atomic E-state index is 0.860. The molecule has 2 aliphatic heterocycles. The zero-order chi connectivity index (χ0) is 9.10. The molecule has 2 heteroatoms. The molecule has 0 bridgehead atoms. The summed E-state index contributed by atoms with van der Waals surface area (Å²) in [5, 5.41) is 3.47. The maximum atomic E-state index is 3.47. The third-order valence-electron chi connectivity index (χ3n) is 3.55. The lowest BCUT2D eigenvalue weighted by atomic mass is 10.1. The first-order valence-electron chi connectivity index (χ1n) is 5.88. The lowest BCUT2D eigenvalue weighted by molar-refractivity contribution is 0.182. The molecule has 0 aromatic carbocycles. The number of likely N-dealkylation sites (tertiary alicyclic amines) is 1. The Morgan fingerprint density at radius 1 is 1.38 bits per heavy atom. The molecule has 0 spiro atoms. The molecule has 0 unspecified atom stereocenters. The van der Waals surface area contributed by atoms with Gasteiger partial charge in [0.25, 0.3) is 0 Å². The molecule has 2 aliphatic rings. The van der Waals surface area contributed by atoms with Crippen LogP contribution in [0.15, 0.2) is 0 Å². The van der Waals surface area contributed by atoms with Crippen molar-refractivity contribution in [3.05, 3.63) is 0 Å². The third-order valence-corrected chi connectivity index (χ3v) is 3.55. The van der Waals surface area contributed by atoms with Crippen LogP contribution in [0.2, 0.25) is 0 Å². The fourth-order valence-electron chi connectivity index (χ4n) is 2.90. The maximum Gasteiger partial charge on any atom is 0.0235 e. The van der Waals surface area contributed by atoms with E-state index in [4.69, 9.17) is 0 Å². The van der Waals surface area contributed by atoms with E-state index >= 15 is 0 Å². The van der Waals surface area contributed by atoms with Crippen LogP contribution in [0.1, 0.15) is 39.0 Å². The van der Waals surface area contributed by atoms with Gasteiger partial charge in [-0.15, -0.1) is 0 Å². The average Bonchev–Trinajstić information content (AvgIpc) is 2.71. The monoisotopic (exact) mass is 182 g/mol. The molecule has 0 saturated carbocycles. The van der Waals surface area contributed by atoms with E-state index in [0.717, 1.165) is 12.1 Å². The van der Waals surface area contributed by atoms with Gasteiger partial charge in [-0.1, -0.05) is 13.3 Å². The van der Waals surface area contributed by atoms with E-state index in [9.17, 15) is 0 Å². The van der Waals surface area contributed by atoms with Crippen LogP contribution in [0.5, 0.6) is 0 Å². The summed E-state index contributed by atoms with van der Waals surface area (Å²) in [6, 6.07) is 1.77. The van der Waals surface area contributed by atoms with Crippen LogP contribution in [0.3, 0.4) is 0 Å². The third kappa shape index (κ3) is 2.05. The van der Waals surface area contributed by atoms with Crippen LogP contribution in [0.4, 0.5) is 0 Å². The molecule has 2 saturated heterocycles. The van der Waals surface area contributed by atoms with E-state index in [0.29, 0.717) is 0 Å². The zero-order valence-electron chi connectivity index (χ0n) is 8.76. The lowest BCUT2D eigenvalue weighted by Gasteiger charge is -2.29. The van der Waals surface area contributed by atoms with Crippen LogP contribution < -0.4 is 5.32 Å². The number of hydrogen-bond donors (Lipinski definition) is 1. The molecule has 0 aliphatic carbocycles. The second-order valence-corrected chi connectivity index (χ2v) is 4.47. The predicted octanol–water partition coefficient (Wildman–Crippen LogP) is 1.61. The summed E-state index contributed by atoms with van der Waals surface area (Å²) in [6.07, 6.45) is 7.02. The Bertz CT molecular complexity index is 152. The molecule has 76 valence electrons. The van der Waals surface area contributed by atoms with Gasteiger partial charge in [-0.05, 0) is 38.8 Å². The molecular formula is C11H22N2. The van der Waals surface area contributed by atoms with Crippen molar-refractivity contribution in [3.8, 4) is 0 Å². The van der Waals surface area contributed by atoms with Gasteiger partial charge in [0.05, 0.1) is 0 Å². The summed E-state index contributed by atoms with van der Waals surface area (Å²) in [7, 11) is 0. The highest BCUT2D eigenvalue weighted by atomic mass is 15.2. The Kier molecular flexibility index (Phi) is 3.23. The molecule has 13 heavy (non-hydrogen) atoms. The molecule has 0 radical (unpaired) electrons. The van der Waals surface area contributed by atoms with E-state index in [-0.39, 0.29) is 0 Å². The Morgan fingerprint density at radius 2 is 2.31 bits per heavy atom. The van der Waals surface area contributed by atoms with Crippen molar-refractivity contribution in [3.63, 3.8) is 0 Å². The van der Waals surface area contributed by atoms with Gasteiger partial charge in [-0.3, -0.25) is 4.90 Å². The minimum atomic E-state index is 0.860. The summed E-state index contributed by atoms with van der Waals surface area (Å²) in [5.41, 5.74) is 0. The second kappa shape index (κ2) is 4.43. The highest BCUT2D eigenvalue weighted by Crippen LogP contribution is 2.25. The molecule has 1 N–H and O–H groups in total. The molecule has 2 heterocycles. The first kappa shape index (κ1) is 9.47. The predicted molar refractivity (Wildman–Crippen MR) is 55.9 cm³/mol.